The predicted octanol–water partition coefficient (Wildman–Crippen LogP) is 5.24. The van der Waals surface area contributed by atoms with E-state index in [0.29, 0.717) is 6.61 Å². The monoisotopic (exact) mass is 406 g/mol. The molecule has 0 saturated heterocycles. The van der Waals surface area contributed by atoms with E-state index < -0.39 is 8.32 Å². The normalized spacial score (nSPS) is 19.8. The molecule has 2 aromatic rings. The van der Waals surface area contributed by atoms with Gasteiger partial charge in [0.1, 0.15) is 0 Å². The Morgan fingerprint density at radius 1 is 1.03 bits per heavy atom. The number of hydrogen-bond donors (Lipinski definition) is 0. The van der Waals surface area contributed by atoms with Crippen molar-refractivity contribution >= 4 is 18.7 Å². The van der Waals surface area contributed by atoms with Crippen LogP contribution in [0.3, 0.4) is 0 Å². The van der Waals surface area contributed by atoms with E-state index in [0.717, 1.165) is 19.3 Å². The van der Waals surface area contributed by atoms with Gasteiger partial charge < -0.3 is 9.16 Å². The second-order valence-corrected chi connectivity index (χ2v) is 13.1. The Kier molecular flexibility index (Phi) is 7.28. The van der Waals surface area contributed by atoms with Gasteiger partial charge in [-0.1, -0.05) is 99.7 Å². The van der Waals surface area contributed by atoms with Crippen molar-refractivity contribution in [3.05, 3.63) is 85.5 Å². The molecule has 154 valence electrons. The zero-order valence-corrected chi connectivity index (χ0v) is 19.0. The minimum atomic E-state index is -2.46. The van der Waals surface area contributed by atoms with Gasteiger partial charge in [0.25, 0.3) is 8.32 Å². The van der Waals surface area contributed by atoms with Gasteiger partial charge in [0.2, 0.25) is 0 Å². The summed E-state index contributed by atoms with van der Waals surface area (Å²) >= 11 is 0. The van der Waals surface area contributed by atoms with Gasteiger partial charge in [-0.2, -0.15) is 0 Å². The van der Waals surface area contributed by atoms with E-state index in [2.05, 4.69) is 100 Å². The Balaban J connectivity index is 1.85. The lowest BCUT2D eigenvalue weighted by atomic mass is 10.1. The number of benzene rings is 2. The molecule has 0 aromatic heterocycles. The van der Waals surface area contributed by atoms with E-state index in [1.165, 1.54) is 10.4 Å². The van der Waals surface area contributed by atoms with E-state index in [1.807, 2.05) is 6.08 Å². The van der Waals surface area contributed by atoms with Gasteiger partial charge in [-0.05, 0) is 34.7 Å². The molecule has 0 radical (unpaired) electrons. The molecule has 0 spiro atoms. The Morgan fingerprint density at radius 2 is 1.62 bits per heavy atom. The lowest BCUT2D eigenvalue weighted by molar-refractivity contribution is -0.00359. The van der Waals surface area contributed by atoms with Gasteiger partial charge >= 0.3 is 0 Å². The van der Waals surface area contributed by atoms with Crippen molar-refractivity contribution < 1.29 is 9.16 Å². The minimum Gasteiger partial charge on any atom is -0.407 e. The summed E-state index contributed by atoms with van der Waals surface area (Å²) in [4.78, 5) is 0. The molecular formula is C26H34O2Si. The van der Waals surface area contributed by atoms with Crippen LogP contribution in [-0.4, -0.2) is 27.1 Å². The first kappa shape index (κ1) is 21.8. The van der Waals surface area contributed by atoms with Crippen LogP contribution in [0.5, 0.6) is 0 Å². The summed E-state index contributed by atoms with van der Waals surface area (Å²) < 4.78 is 13.2. The molecule has 1 aliphatic rings. The lowest BCUT2D eigenvalue weighted by Crippen LogP contribution is -2.66. The second-order valence-electron chi connectivity index (χ2n) is 8.79. The Morgan fingerprint density at radius 3 is 2.14 bits per heavy atom. The molecule has 3 rings (SSSR count). The van der Waals surface area contributed by atoms with E-state index in [9.17, 15) is 0 Å². The average Bonchev–Trinajstić information content (AvgIpc) is 2.72. The van der Waals surface area contributed by atoms with Crippen LogP contribution in [0.2, 0.25) is 5.04 Å². The molecular weight excluding hydrogens is 372 g/mol. The topological polar surface area (TPSA) is 18.5 Å². The van der Waals surface area contributed by atoms with Crippen LogP contribution in [0, 0.1) is 0 Å². The third kappa shape index (κ3) is 4.97. The standard InChI is InChI=1S/C26H34O2Si/c1-5-13-22-14-12-15-23(28-22)20-21-27-29(26(2,3)4,24-16-8-6-9-17-24)25-18-10-7-11-19-25/h5-12,14,16-19,22-23H,1,13,15,20-21H2,2-4H3/t22-,23+/m0/s1. The van der Waals surface area contributed by atoms with Crippen LogP contribution in [0.15, 0.2) is 85.5 Å². The minimum absolute atomic E-state index is 0.00834. The molecule has 0 unspecified atom stereocenters. The first-order valence-corrected chi connectivity index (χ1v) is 12.6. The van der Waals surface area contributed by atoms with Gasteiger partial charge in [0.15, 0.2) is 0 Å². The highest BCUT2D eigenvalue weighted by atomic mass is 28.4. The van der Waals surface area contributed by atoms with Crippen molar-refractivity contribution in [2.75, 3.05) is 6.61 Å². The summed E-state index contributed by atoms with van der Waals surface area (Å²) in [7, 11) is -2.46. The molecule has 3 heteroatoms. The van der Waals surface area contributed by atoms with Crippen molar-refractivity contribution in [2.45, 2.75) is 57.3 Å². The molecule has 0 aliphatic carbocycles. The number of rotatable bonds is 8. The maximum Gasteiger partial charge on any atom is 0.261 e. The molecule has 0 amide bonds. The van der Waals surface area contributed by atoms with E-state index in [4.69, 9.17) is 9.16 Å². The molecule has 0 fully saturated rings. The van der Waals surface area contributed by atoms with Crippen molar-refractivity contribution in [3.8, 4) is 0 Å². The van der Waals surface area contributed by atoms with Crippen molar-refractivity contribution in [1.29, 1.82) is 0 Å². The highest BCUT2D eigenvalue weighted by Crippen LogP contribution is 2.37. The largest absolute Gasteiger partial charge is 0.407 e. The van der Waals surface area contributed by atoms with Gasteiger partial charge in [-0.15, -0.1) is 6.58 Å². The van der Waals surface area contributed by atoms with Gasteiger partial charge in [0, 0.05) is 6.61 Å². The number of hydrogen-bond acceptors (Lipinski definition) is 2. The van der Waals surface area contributed by atoms with E-state index in [1.54, 1.807) is 0 Å². The first-order valence-electron chi connectivity index (χ1n) is 10.7. The molecule has 2 atom stereocenters. The van der Waals surface area contributed by atoms with Crippen LogP contribution in [0.25, 0.3) is 0 Å². The fourth-order valence-electron chi connectivity index (χ4n) is 4.32. The average molecular weight is 407 g/mol. The first-order chi connectivity index (χ1) is 14.0. The van der Waals surface area contributed by atoms with Crippen molar-refractivity contribution in [1.82, 2.24) is 0 Å². The second kappa shape index (κ2) is 9.71. The zero-order chi connectivity index (χ0) is 20.7. The molecule has 29 heavy (non-hydrogen) atoms. The maximum absolute atomic E-state index is 6.98. The molecule has 0 N–H and O–H groups in total. The summed E-state index contributed by atoms with van der Waals surface area (Å²) in [6.45, 7) is 11.5. The van der Waals surface area contributed by atoms with E-state index in [-0.39, 0.29) is 17.2 Å². The lowest BCUT2D eigenvalue weighted by Gasteiger charge is -2.43. The summed E-state index contributed by atoms with van der Waals surface area (Å²) in [5, 5.41) is 2.66. The van der Waals surface area contributed by atoms with E-state index >= 15 is 0 Å². The SMILES string of the molecule is C=CC[C@H]1C=CC[C@H](CCO[Si](c2ccccc2)(c2ccccc2)C(C)(C)C)O1. The Bertz CT molecular complexity index is 753. The van der Waals surface area contributed by atoms with Gasteiger partial charge in [-0.3, -0.25) is 0 Å². The third-order valence-electron chi connectivity index (χ3n) is 5.69. The molecule has 0 bridgehead atoms. The maximum atomic E-state index is 6.98. The van der Waals surface area contributed by atoms with Crippen molar-refractivity contribution in [2.24, 2.45) is 0 Å². The van der Waals surface area contributed by atoms with Crippen molar-refractivity contribution in [3.63, 3.8) is 0 Å². The molecule has 1 aliphatic heterocycles. The summed E-state index contributed by atoms with van der Waals surface area (Å²) in [6.07, 6.45) is 9.41. The fraction of sp³-hybridized carbons (Fsp3) is 0.385. The number of ether oxygens (including phenoxy) is 1. The van der Waals surface area contributed by atoms with Gasteiger partial charge in [0.05, 0.1) is 12.2 Å². The predicted molar refractivity (Wildman–Crippen MR) is 125 cm³/mol. The molecule has 1 heterocycles. The Hall–Kier alpha value is -1.94. The third-order valence-corrected chi connectivity index (χ3v) is 10.7. The van der Waals surface area contributed by atoms with Crippen LogP contribution < -0.4 is 10.4 Å². The highest BCUT2D eigenvalue weighted by molar-refractivity contribution is 6.99. The summed E-state index contributed by atoms with van der Waals surface area (Å²) in [6, 6.07) is 21.6. The highest BCUT2D eigenvalue weighted by Gasteiger charge is 2.50. The van der Waals surface area contributed by atoms with Crippen LogP contribution in [0.4, 0.5) is 0 Å². The Labute approximate surface area is 177 Å². The zero-order valence-electron chi connectivity index (χ0n) is 18.0. The molecule has 2 nitrogen and oxygen atoms in total. The van der Waals surface area contributed by atoms with Crippen LogP contribution >= 0.6 is 0 Å². The molecule has 2 aromatic carbocycles. The quantitative estimate of drug-likeness (QED) is 0.441. The smallest absolute Gasteiger partial charge is 0.261 e. The molecule has 0 saturated carbocycles. The van der Waals surface area contributed by atoms with Crippen LogP contribution in [-0.2, 0) is 9.16 Å². The fourth-order valence-corrected chi connectivity index (χ4v) is 8.90. The van der Waals surface area contributed by atoms with Crippen LogP contribution in [0.1, 0.15) is 40.0 Å². The van der Waals surface area contributed by atoms with Gasteiger partial charge in [-0.25, -0.2) is 0 Å². The summed E-state index contributed by atoms with van der Waals surface area (Å²) in [5.74, 6) is 0. The summed E-state index contributed by atoms with van der Waals surface area (Å²) in [5.41, 5.74) is 0.